The Balaban J connectivity index is 1.59. The van der Waals surface area contributed by atoms with Crippen molar-refractivity contribution in [3.8, 4) is 22.3 Å². The van der Waals surface area contributed by atoms with Crippen molar-refractivity contribution in [2.24, 2.45) is 0 Å². The largest absolute Gasteiger partial charge is 0.381 e. The Labute approximate surface area is 217 Å². The fraction of sp³-hybridized carbons (Fsp3) is 0.0556. The molecule has 1 aliphatic heterocycles. The molecule has 176 valence electrons. The number of dihydropyridines is 1. The minimum atomic E-state index is 0.887. The second-order valence-corrected chi connectivity index (χ2v) is 9.86. The van der Waals surface area contributed by atoms with Crippen LogP contribution in [0.25, 0.3) is 60.3 Å². The average Bonchev–Trinajstić information content (AvgIpc) is 2.96. The molecular weight excluding hydrogens is 446 g/mol. The Morgan fingerprint density at radius 3 is 1.51 bits per heavy atom. The number of nitrogens with one attached hydrogen (secondary N) is 1. The van der Waals surface area contributed by atoms with Gasteiger partial charge in [-0.05, 0) is 67.6 Å². The summed E-state index contributed by atoms with van der Waals surface area (Å²) in [5.74, 6) is 0. The van der Waals surface area contributed by atoms with Gasteiger partial charge in [-0.25, -0.2) is 0 Å². The first-order valence-corrected chi connectivity index (χ1v) is 12.9. The van der Waals surface area contributed by atoms with E-state index >= 15 is 0 Å². The third-order valence-electron chi connectivity index (χ3n) is 7.57. The monoisotopic (exact) mass is 473 g/mol. The summed E-state index contributed by atoms with van der Waals surface area (Å²) >= 11 is 0. The molecule has 0 saturated heterocycles. The zero-order valence-electron chi connectivity index (χ0n) is 20.8. The van der Waals surface area contributed by atoms with E-state index < -0.39 is 0 Å². The summed E-state index contributed by atoms with van der Waals surface area (Å²) < 4.78 is 0. The van der Waals surface area contributed by atoms with E-state index in [4.69, 9.17) is 0 Å². The van der Waals surface area contributed by atoms with Gasteiger partial charge in [0.1, 0.15) is 0 Å². The summed E-state index contributed by atoms with van der Waals surface area (Å²) in [7, 11) is 0. The van der Waals surface area contributed by atoms with Crippen LogP contribution in [0.1, 0.15) is 12.5 Å². The standard InChI is InChI=1S/C36H27N/c1-24-19-22-34(37-23-24)28-20-21-33(27-14-6-5-13-26(27)28)36-31-17-9-7-15-29(31)35(25-11-3-2-4-12-25)30-16-8-10-18-32(30)36/h2-22,37H,23H2,1H3. The summed E-state index contributed by atoms with van der Waals surface area (Å²) in [4.78, 5) is 0. The lowest BCUT2D eigenvalue weighted by Gasteiger charge is -2.21. The van der Waals surface area contributed by atoms with Gasteiger partial charge in [0.2, 0.25) is 0 Å². The molecule has 1 aliphatic rings. The van der Waals surface area contributed by atoms with E-state index in [2.05, 4.69) is 140 Å². The molecule has 0 atom stereocenters. The van der Waals surface area contributed by atoms with Gasteiger partial charge in [-0.2, -0.15) is 0 Å². The minimum Gasteiger partial charge on any atom is -0.381 e. The lowest BCUT2D eigenvalue weighted by atomic mass is 9.84. The Bertz CT molecular complexity index is 1820. The molecule has 0 saturated carbocycles. The SMILES string of the molecule is CC1=CC=C(c2ccc(-c3c4ccccc4c(-c4ccccc4)c4ccccc34)c3ccccc23)NC1. The summed E-state index contributed by atoms with van der Waals surface area (Å²) in [6.45, 7) is 3.05. The topological polar surface area (TPSA) is 12.0 Å². The molecule has 0 amide bonds. The van der Waals surface area contributed by atoms with Crippen molar-refractivity contribution >= 4 is 38.0 Å². The van der Waals surface area contributed by atoms with E-state index in [1.807, 2.05) is 0 Å². The number of rotatable bonds is 3. The van der Waals surface area contributed by atoms with Crippen molar-refractivity contribution in [2.45, 2.75) is 6.92 Å². The molecule has 0 aromatic heterocycles. The van der Waals surface area contributed by atoms with Crippen LogP contribution >= 0.6 is 0 Å². The van der Waals surface area contributed by atoms with Gasteiger partial charge in [-0.3, -0.25) is 0 Å². The predicted molar refractivity (Wildman–Crippen MR) is 160 cm³/mol. The third-order valence-corrected chi connectivity index (χ3v) is 7.57. The molecule has 6 aromatic carbocycles. The number of fused-ring (bicyclic) bond motifs is 3. The van der Waals surface area contributed by atoms with Crippen LogP contribution in [0.15, 0.2) is 133 Å². The van der Waals surface area contributed by atoms with Gasteiger partial charge in [0.15, 0.2) is 0 Å². The quantitative estimate of drug-likeness (QED) is 0.252. The van der Waals surface area contributed by atoms with Crippen molar-refractivity contribution in [3.05, 3.63) is 139 Å². The van der Waals surface area contributed by atoms with Crippen LogP contribution in [-0.4, -0.2) is 6.54 Å². The van der Waals surface area contributed by atoms with E-state index in [0.717, 1.165) is 6.54 Å². The average molecular weight is 474 g/mol. The van der Waals surface area contributed by atoms with E-state index in [1.54, 1.807) is 0 Å². The third kappa shape index (κ3) is 3.55. The number of allylic oxidation sites excluding steroid dienone is 2. The van der Waals surface area contributed by atoms with Gasteiger partial charge in [-0.1, -0.05) is 127 Å². The van der Waals surface area contributed by atoms with Gasteiger partial charge in [0, 0.05) is 17.8 Å². The highest BCUT2D eigenvalue weighted by atomic mass is 14.9. The molecule has 7 rings (SSSR count). The van der Waals surface area contributed by atoms with Crippen LogP contribution in [0.4, 0.5) is 0 Å². The van der Waals surface area contributed by atoms with Gasteiger partial charge in [0.05, 0.1) is 0 Å². The molecule has 1 nitrogen and oxygen atoms in total. The first-order valence-electron chi connectivity index (χ1n) is 12.9. The van der Waals surface area contributed by atoms with E-state index in [1.165, 1.54) is 71.4 Å². The predicted octanol–water partition coefficient (Wildman–Crippen LogP) is 9.37. The second-order valence-electron chi connectivity index (χ2n) is 9.86. The van der Waals surface area contributed by atoms with Crippen LogP contribution in [0.3, 0.4) is 0 Å². The second kappa shape index (κ2) is 8.80. The van der Waals surface area contributed by atoms with Gasteiger partial charge in [0.25, 0.3) is 0 Å². The summed E-state index contributed by atoms with van der Waals surface area (Å²) in [6.07, 6.45) is 4.43. The summed E-state index contributed by atoms with van der Waals surface area (Å²) in [5.41, 5.74) is 8.90. The maximum atomic E-state index is 3.61. The van der Waals surface area contributed by atoms with Crippen LogP contribution < -0.4 is 5.32 Å². The van der Waals surface area contributed by atoms with Gasteiger partial charge >= 0.3 is 0 Å². The Kier molecular flexibility index (Phi) is 5.15. The molecule has 0 aliphatic carbocycles. The van der Waals surface area contributed by atoms with E-state index in [0.29, 0.717) is 0 Å². The van der Waals surface area contributed by atoms with Gasteiger partial charge < -0.3 is 5.32 Å². The molecule has 1 heteroatoms. The number of hydrogen-bond donors (Lipinski definition) is 1. The Morgan fingerprint density at radius 2 is 0.946 bits per heavy atom. The molecule has 0 bridgehead atoms. The van der Waals surface area contributed by atoms with E-state index in [-0.39, 0.29) is 0 Å². The molecular formula is C36H27N. The van der Waals surface area contributed by atoms with E-state index in [9.17, 15) is 0 Å². The normalized spacial score (nSPS) is 13.4. The van der Waals surface area contributed by atoms with Crippen LogP contribution in [0.5, 0.6) is 0 Å². The molecule has 0 fully saturated rings. The number of hydrogen-bond acceptors (Lipinski definition) is 1. The first-order chi connectivity index (χ1) is 18.3. The maximum Gasteiger partial charge on any atom is 0.0422 e. The summed E-state index contributed by atoms with van der Waals surface area (Å²) in [5, 5.41) is 11.3. The zero-order chi connectivity index (χ0) is 24.8. The molecule has 1 heterocycles. The Morgan fingerprint density at radius 1 is 0.459 bits per heavy atom. The molecule has 37 heavy (non-hydrogen) atoms. The highest BCUT2D eigenvalue weighted by Crippen LogP contribution is 2.45. The molecule has 6 aromatic rings. The molecule has 0 spiro atoms. The van der Waals surface area contributed by atoms with Gasteiger partial charge in [-0.15, -0.1) is 0 Å². The smallest absolute Gasteiger partial charge is 0.0422 e. The highest BCUT2D eigenvalue weighted by Gasteiger charge is 2.19. The van der Waals surface area contributed by atoms with Crippen molar-refractivity contribution < 1.29 is 0 Å². The van der Waals surface area contributed by atoms with Crippen molar-refractivity contribution in [3.63, 3.8) is 0 Å². The molecule has 0 unspecified atom stereocenters. The zero-order valence-corrected chi connectivity index (χ0v) is 20.8. The minimum absolute atomic E-state index is 0.887. The van der Waals surface area contributed by atoms with Crippen molar-refractivity contribution in [2.75, 3.05) is 6.54 Å². The molecule has 0 radical (unpaired) electrons. The number of benzene rings is 6. The fourth-order valence-electron chi connectivity index (χ4n) is 5.85. The van der Waals surface area contributed by atoms with Crippen LogP contribution in [0, 0.1) is 0 Å². The first kappa shape index (κ1) is 21.6. The van der Waals surface area contributed by atoms with Crippen LogP contribution in [-0.2, 0) is 0 Å². The maximum absolute atomic E-state index is 3.61. The molecule has 1 N–H and O–H groups in total. The lowest BCUT2D eigenvalue weighted by molar-refractivity contribution is 0.943. The van der Waals surface area contributed by atoms with Crippen LogP contribution in [0.2, 0.25) is 0 Å². The Hall–Kier alpha value is -4.62. The summed E-state index contributed by atoms with van der Waals surface area (Å²) in [6, 6.07) is 42.0. The fourth-order valence-corrected chi connectivity index (χ4v) is 5.85. The van der Waals surface area contributed by atoms with Crippen molar-refractivity contribution in [1.82, 2.24) is 5.32 Å². The lowest BCUT2D eigenvalue weighted by Crippen LogP contribution is -2.17. The van der Waals surface area contributed by atoms with Crippen molar-refractivity contribution in [1.29, 1.82) is 0 Å². The highest BCUT2D eigenvalue weighted by molar-refractivity contribution is 6.23.